The minimum Gasteiger partial charge on any atom is -0.496 e. The molecule has 0 bridgehead atoms. The maximum Gasteiger partial charge on any atom is 0.358 e. The van der Waals surface area contributed by atoms with Crippen molar-refractivity contribution < 1.29 is 19.7 Å². The van der Waals surface area contributed by atoms with Gasteiger partial charge in [-0.2, -0.15) is 0 Å². The summed E-state index contributed by atoms with van der Waals surface area (Å²) in [6.07, 6.45) is 0. The molecule has 19 heavy (non-hydrogen) atoms. The number of aliphatic hydroxyl groups is 1. The third-order valence-electron chi connectivity index (χ3n) is 2.61. The van der Waals surface area contributed by atoms with Gasteiger partial charge in [0.05, 0.1) is 20.3 Å². The van der Waals surface area contributed by atoms with Crippen LogP contribution in [-0.4, -0.2) is 44.9 Å². The molecule has 2 N–H and O–H groups in total. The number of rotatable bonds is 5. The van der Waals surface area contributed by atoms with E-state index in [0.29, 0.717) is 17.0 Å². The number of hydrogen-bond acceptors (Lipinski definition) is 5. The minimum atomic E-state index is -1.18. The summed E-state index contributed by atoms with van der Waals surface area (Å²) in [6.45, 7) is -0.00176. The maximum absolute atomic E-state index is 11.2. The molecule has 2 rings (SSSR count). The molecule has 0 aliphatic rings. The average molecular weight is 263 g/mol. The molecule has 1 aromatic carbocycles. The Morgan fingerprint density at radius 3 is 2.79 bits per heavy atom. The average Bonchev–Trinajstić information content (AvgIpc) is 2.83. The first-order valence-electron chi connectivity index (χ1n) is 5.60. The number of methoxy groups -OCH3 is 1. The molecule has 2 aromatic rings. The quantitative estimate of drug-likeness (QED) is 0.821. The van der Waals surface area contributed by atoms with Gasteiger partial charge >= 0.3 is 5.97 Å². The Hall–Kier alpha value is -2.41. The minimum absolute atomic E-state index is 0.160. The van der Waals surface area contributed by atoms with Crippen LogP contribution in [-0.2, 0) is 6.54 Å². The van der Waals surface area contributed by atoms with Crippen molar-refractivity contribution in [3.63, 3.8) is 0 Å². The van der Waals surface area contributed by atoms with Crippen molar-refractivity contribution in [2.45, 2.75) is 6.54 Å². The lowest BCUT2D eigenvalue weighted by atomic mass is 10.1. The number of aromatic carboxylic acids is 1. The van der Waals surface area contributed by atoms with E-state index in [0.717, 1.165) is 0 Å². The summed E-state index contributed by atoms with van der Waals surface area (Å²) in [7, 11) is 1.50. The second-order valence-electron chi connectivity index (χ2n) is 3.74. The number of carbonyl (C=O) groups is 1. The summed E-state index contributed by atoms with van der Waals surface area (Å²) < 4.78 is 6.56. The molecule has 0 atom stereocenters. The highest BCUT2D eigenvalue weighted by molar-refractivity contribution is 5.93. The second kappa shape index (κ2) is 5.49. The number of carboxylic acids is 1. The van der Waals surface area contributed by atoms with E-state index in [1.165, 1.54) is 11.8 Å². The van der Waals surface area contributed by atoms with E-state index in [9.17, 15) is 4.79 Å². The maximum atomic E-state index is 11.2. The number of carboxylic acid groups (broad SMARTS) is 1. The predicted octanol–water partition coefficient (Wildman–Crippen LogP) is 0.644. The highest BCUT2D eigenvalue weighted by Crippen LogP contribution is 2.31. The van der Waals surface area contributed by atoms with Crippen LogP contribution in [0.4, 0.5) is 0 Å². The fourth-order valence-electron chi connectivity index (χ4n) is 1.82. The van der Waals surface area contributed by atoms with E-state index in [1.807, 2.05) is 0 Å². The predicted molar refractivity (Wildman–Crippen MR) is 66.1 cm³/mol. The van der Waals surface area contributed by atoms with E-state index in [1.54, 1.807) is 24.3 Å². The van der Waals surface area contributed by atoms with Gasteiger partial charge in [0, 0.05) is 5.56 Å². The summed E-state index contributed by atoms with van der Waals surface area (Å²) in [4.78, 5) is 11.2. The van der Waals surface area contributed by atoms with Gasteiger partial charge in [-0.05, 0) is 12.1 Å². The van der Waals surface area contributed by atoms with Gasteiger partial charge in [-0.3, -0.25) is 0 Å². The van der Waals surface area contributed by atoms with Crippen LogP contribution in [0.3, 0.4) is 0 Å². The first-order valence-corrected chi connectivity index (χ1v) is 5.60. The molecule has 0 fully saturated rings. The number of nitrogens with zero attached hydrogens (tertiary/aromatic N) is 3. The number of aromatic nitrogens is 3. The largest absolute Gasteiger partial charge is 0.496 e. The van der Waals surface area contributed by atoms with E-state index < -0.39 is 5.97 Å². The molecule has 0 amide bonds. The highest BCUT2D eigenvalue weighted by atomic mass is 16.5. The Balaban J connectivity index is 2.64. The van der Waals surface area contributed by atoms with Gasteiger partial charge in [0.1, 0.15) is 11.4 Å². The molecular weight excluding hydrogens is 250 g/mol. The molecule has 7 heteroatoms. The molecule has 0 radical (unpaired) electrons. The lowest BCUT2D eigenvalue weighted by Crippen LogP contribution is -2.08. The Kier molecular flexibility index (Phi) is 3.76. The third-order valence-corrected chi connectivity index (χ3v) is 2.61. The third kappa shape index (κ3) is 2.41. The number of para-hydroxylation sites is 1. The molecule has 0 saturated carbocycles. The van der Waals surface area contributed by atoms with Gasteiger partial charge in [0.15, 0.2) is 5.69 Å². The van der Waals surface area contributed by atoms with E-state index in [2.05, 4.69) is 10.3 Å². The standard InChI is InChI=1S/C12H13N3O4/c1-19-9-5-3-2-4-8(9)11-10(12(17)18)13-14-15(11)6-7-16/h2-5,16H,6-7H2,1H3,(H,17,18). The molecule has 100 valence electrons. The molecule has 1 heterocycles. The smallest absolute Gasteiger partial charge is 0.358 e. The van der Waals surface area contributed by atoms with Crippen molar-refractivity contribution in [1.29, 1.82) is 0 Å². The molecule has 0 aliphatic carbocycles. The van der Waals surface area contributed by atoms with Gasteiger partial charge in [-0.25, -0.2) is 9.48 Å². The first-order chi connectivity index (χ1) is 9.19. The van der Waals surface area contributed by atoms with Crippen LogP contribution in [0.1, 0.15) is 10.5 Å². The molecular formula is C12H13N3O4. The van der Waals surface area contributed by atoms with Crippen molar-refractivity contribution in [3.8, 4) is 17.0 Å². The fourth-order valence-corrected chi connectivity index (χ4v) is 1.82. The number of benzene rings is 1. The van der Waals surface area contributed by atoms with Gasteiger partial charge in [0.25, 0.3) is 0 Å². The van der Waals surface area contributed by atoms with Crippen molar-refractivity contribution in [1.82, 2.24) is 15.0 Å². The summed E-state index contributed by atoms with van der Waals surface area (Å²) >= 11 is 0. The van der Waals surface area contributed by atoms with E-state index in [-0.39, 0.29) is 18.8 Å². The van der Waals surface area contributed by atoms with E-state index in [4.69, 9.17) is 14.9 Å². The Morgan fingerprint density at radius 2 is 2.16 bits per heavy atom. The molecule has 0 unspecified atom stereocenters. The van der Waals surface area contributed by atoms with E-state index >= 15 is 0 Å². The summed E-state index contributed by atoms with van der Waals surface area (Å²) in [5, 5.41) is 25.5. The van der Waals surface area contributed by atoms with Gasteiger partial charge in [-0.15, -0.1) is 5.10 Å². The summed E-state index contributed by atoms with van der Waals surface area (Å²) in [5.74, 6) is -0.656. The van der Waals surface area contributed by atoms with Crippen LogP contribution < -0.4 is 4.74 Å². The molecule has 7 nitrogen and oxygen atoms in total. The van der Waals surface area contributed by atoms with Crippen LogP contribution >= 0.6 is 0 Å². The zero-order chi connectivity index (χ0) is 13.8. The molecule has 0 aliphatic heterocycles. The zero-order valence-electron chi connectivity index (χ0n) is 10.3. The normalized spacial score (nSPS) is 10.4. The lowest BCUT2D eigenvalue weighted by molar-refractivity contribution is 0.0691. The van der Waals surface area contributed by atoms with Crippen LogP contribution in [0.15, 0.2) is 24.3 Å². The fraction of sp³-hybridized carbons (Fsp3) is 0.250. The van der Waals surface area contributed by atoms with Crippen LogP contribution in [0, 0.1) is 0 Å². The Labute approximate surface area is 109 Å². The monoisotopic (exact) mass is 263 g/mol. The van der Waals surface area contributed by atoms with Gasteiger partial charge in [0.2, 0.25) is 0 Å². The van der Waals surface area contributed by atoms with Crippen molar-refractivity contribution in [2.75, 3.05) is 13.7 Å². The molecule has 1 aromatic heterocycles. The Bertz CT molecular complexity index is 594. The van der Waals surface area contributed by atoms with Crippen molar-refractivity contribution in [3.05, 3.63) is 30.0 Å². The number of hydrogen-bond donors (Lipinski definition) is 2. The van der Waals surface area contributed by atoms with Gasteiger partial charge < -0.3 is 14.9 Å². The Morgan fingerprint density at radius 1 is 1.42 bits per heavy atom. The first kappa shape index (κ1) is 13.0. The topological polar surface area (TPSA) is 97.5 Å². The zero-order valence-corrected chi connectivity index (χ0v) is 10.3. The number of aliphatic hydroxyl groups excluding tert-OH is 1. The SMILES string of the molecule is COc1ccccc1-c1c(C(=O)O)nnn1CCO. The van der Waals surface area contributed by atoms with Crippen LogP contribution in [0.2, 0.25) is 0 Å². The van der Waals surface area contributed by atoms with Crippen LogP contribution in [0.25, 0.3) is 11.3 Å². The lowest BCUT2D eigenvalue weighted by Gasteiger charge is -2.10. The highest BCUT2D eigenvalue weighted by Gasteiger charge is 2.22. The second-order valence-corrected chi connectivity index (χ2v) is 3.74. The van der Waals surface area contributed by atoms with Gasteiger partial charge in [-0.1, -0.05) is 17.3 Å². The van der Waals surface area contributed by atoms with Crippen molar-refractivity contribution in [2.24, 2.45) is 0 Å². The molecule has 0 saturated heterocycles. The summed E-state index contributed by atoms with van der Waals surface area (Å²) in [5.41, 5.74) is 0.720. The van der Waals surface area contributed by atoms with Crippen LogP contribution in [0.5, 0.6) is 5.75 Å². The molecule has 0 spiro atoms. The summed E-state index contributed by atoms with van der Waals surface area (Å²) in [6, 6.07) is 6.98. The van der Waals surface area contributed by atoms with Crippen molar-refractivity contribution >= 4 is 5.97 Å². The number of ether oxygens (including phenoxy) is 1.